The molecule has 0 spiro atoms. The third-order valence-electron chi connectivity index (χ3n) is 2.92. The Morgan fingerprint density at radius 1 is 1.50 bits per heavy atom. The monoisotopic (exact) mass is 294 g/mol. The fourth-order valence-corrected chi connectivity index (χ4v) is 1.82. The number of halogens is 4. The van der Waals surface area contributed by atoms with Crippen molar-refractivity contribution >= 4 is 11.6 Å². The molecule has 0 saturated heterocycles. The second-order valence-electron chi connectivity index (χ2n) is 4.26. The highest BCUT2D eigenvalue weighted by atomic mass is 19.3. The van der Waals surface area contributed by atoms with Gasteiger partial charge in [0.05, 0.1) is 11.8 Å². The van der Waals surface area contributed by atoms with Crippen LogP contribution in [0.4, 0.5) is 17.6 Å². The minimum absolute atomic E-state index is 0.00296. The number of aliphatic hydroxyl groups is 1. The number of aryl methyl sites for hydroxylation is 1. The summed E-state index contributed by atoms with van der Waals surface area (Å²) in [6.45, 7) is 1.39. The van der Waals surface area contributed by atoms with Crippen molar-refractivity contribution in [2.75, 3.05) is 0 Å². The molecule has 9 heteroatoms. The maximum atomic E-state index is 12.9. The summed E-state index contributed by atoms with van der Waals surface area (Å²) >= 11 is 0. The predicted octanol–water partition coefficient (Wildman–Crippen LogP) is 2.01. The zero-order valence-corrected chi connectivity index (χ0v) is 10.2. The number of amides is 1. The van der Waals surface area contributed by atoms with Crippen LogP contribution in [0.3, 0.4) is 0 Å². The van der Waals surface area contributed by atoms with E-state index in [9.17, 15) is 27.5 Å². The van der Waals surface area contributed by atoms with Crippen molar-refractivity contribution in [2.45, 2.75) is 31.9 Å². The summed E-state index contributed by atoms with van der Waals surface area (Å²) in [5.74, 6) is -1.03. The van der Waals surface area contributed by atoms with E-state index < -0.39 is 36.6 Å². The Morgan fingerprint density at radius 3 is 2.60 bits per heavy atom. The Bertz CT molecular complexity index is 558. The summed E-state index contributed by atoms with van der Waals surface area (Å²) in [6.07, 6.45) is -6.55. The van der Waals surface area contributed by atoms with Crippen LogP contribution in [0.1, 0.15) is 22.5 Å². The predicted molar refractivity (Wildman–Crippen MR) is 58.6 cm³/mol. The summed E-state index contributed by atoms with van der Waals surface area (Å²) in [7, 11) is 0. The third kappa shape index (κ3) is 2.17. The van der Waals surface area contributed by atoms with Gasteiger partial charge in [-0.25, -0.2) is 17.6 Å². The topological polar surface area (TPSA) is 66.0 Å². The highest BCUT2D eigenvalue weighted by Gasteiger charge is 2.53. The summed E-state index contributed by atoms with van der Waals surface area (Å²) in [5.41, 5.74) is -4.18. The molecule has 2 heterocycles. The Kier molecular flexibility index (Phi) is 3.55. The highest BCUT2D eigenvalue weighted by Crippen LogP contribution is 2.34. The average molecular weight is 294 g/mol. The van der Waals surface area contributed by atoms with Crippen molar-refractivity contribution in [1.82, 2.24) is 5.01 Å². The van der Waals surface area contributed by atoms with Crippen molar-refractivity contribution in [3.63, 3.8) is 0 Å². The number of hydrogen-bond donors (Lipinski definition) is 1. The Hall–Kier alpha value is -1.90. The molecule has 0 aliphatic carbocycles. The van der Waals surface area contributed by atoms with E-state index in [0.717, 1.165) is 6.26 Å². The molecule has 0 unspecified atom stereocenters. The van der Waals surface area contributed by atoms with Crippen LogP contribution < -0.4 is 0 Å². The van der Waals surface area contributed by atoms with Crippen LogP contribution >= 0.6 is 0 Å². The van der Waals surface area contributed by atoms with Gasteiger partial charge in [0.1, 0.15) is 11.5 Å². The summed E-state index contributed by atoms with van der Waals surface area (Å²) < 4.78 is 55.8. The summed E-state index contributed by atoms with van der Waals surface area (Å²) in [4.78, 5) is 12.0. The molecule has 0 aromatic carbocycles. The van der Waals surface area contributed by atoms with E-state index in [0.29, 0.717) is 0 Å². The second kappa shape index (κ2) is 4.89. The van der Waals surface area contributed by atoms with E-state index >= 15 is 0 Å². The Balaban J connectivity index is 2.40. The highest BCUT2D eigenvalue weighted by molar-refractivity contribution is 5.99. The van der Waals surface area contributed by atoms with Crippen molar-refractivity contribution in [3.8, 4) is 0 Å². The van der Waals surface area contributed by atoms with Gasteiger partial charge in [-0.15, -0.1) is 0 Å². The molecule has 2 rings (SSSR count). The number of hydrazone groups is 1. The minimum Gasteiger partial charge on any atom is -0.469 e. The zero-order valence-electron chi connectivity index (χ0n) is 10.2. The first-order valence-corrected chi connectivity index (χ1v) is 5.52. The van der Waals surface area contributed by atoms with Crippen LogP contribution in [0.5, 0.6) is 0 Å². The van der Waals surface area contributed by atoms with Crippen molar-refractivity contribution in [2.24, 2.45) is 5.10 Å². The zero-order chi connectivity index (χ0) is 15.1. The Morgan fingerprint density at radius 2 is 2.15 bits per heavy atom. The maximum Gasteiger partial charge on any atom is 0.287 e. The molecule has 5 nitrogen and oxygen atoms in total. The number of furan rings is 1. The van der Waals surface area contributed by atoms with Crippen molar-refractivity contribution < 1.29 is 31.9 Å². The molecule has 1 aliphatic rings. The van der Waals surface area contributed by atoms with Crippen LogP contribution in [-0.4, -0.2) is 40.3 Å². The molecule has 1 aliphatic heterocycles. The lowest BCUT2D eigenvalue weighted by Gasteiger charge is -2.29. The standard InChI is InChI=1S/C11H10F4N2O3/c1-5-6(2-3-20-5)9(18)17-11(19,10(14)15)4-7(16-17)8(12)13/h2-3,8,10,19H,4H2,1H3/t11-/m0/s1. The molecule has 1 atom stereocenters. The third-order valence-corrected chi connectivity index (χ3v) is 2.92. The van der Waals surface area contributed by atoms with E-state index in [-0.39, 0.29) is 16.3 Å². The van der Waals surface area contributed by atoms with Gasteiger partial charge in [-0.05, 0) is 13.0 Å². The van der Waals surface area contributed by atoms with E-state index in [1.165, 1.54) is 13.0 Å². The molecule has 1 N–H and O–H groups in total. The number of nitrogens with zero attached hydrogens (tertiary/aromatic N) is 2. The van der Waals surface area contributed by atoms with Gasteiger partial charge in [0.2, 0.25) is 5.72 Å². The fraction of sp³-hybridized carbons (Fsp3) is 0.455. The van der Waals surface area contributed by atoms with Crippen LogP contribution in [0.15, 0.2) is 21.8 Å². The second-order valence-corrected chi connectivity index (χ2v) is 4.26. The van der Waals surface area contributed by atoms with E-state index in [4.69, 9.17) is 4.42 Å². The fourth-order valence-electron chi connectivity index (χ4n) is 1.82. The van der Waals surface area contributed by atoms with Gasteiger partial charge in [-0.3, -0.25) is 4.79 Å². The van der Waals surface area contributed by atoms with Gasteiger partial charge in [0.25, 0.3) is 18.8 Å². The lowest BCUT2D eigenvalue weighted by atomic mass is 10.1. The molecule has 1 amide bonds. The van der Waals surface area contributed by atoms with Gasteiger partial charge < -0.3 is 9.52 Å². The van der Waals surface area contributed by atoms with Gasteiger partial charge in [0, 0.05) is 6.42 Å². The molecular weight excluding hydrogens is 284 g/mol. The molecule has 0 fully saturated rings. The summed E-state index contributed by atoms with van der Waals surface area (Å²) in [6, 6.07) is 1.18. The lowest BCUT2D eigenvalue weighted by molar-refractivity contribution is -0.164. The molecule has 1 aromatic heterocycles. The smallest absolute Gasteiger partial charge is 0.287 e. The number of hydrogen-bond acceptors (Lipinski definition) is 4. The number of rotatable bonds is 3. The summed E-state index contributed by atoms with van der Waals surface area (Å²) in [5, 5.41) is 12.9. The molecule has 1 aromatic rings. The van der Waals surface area contributed by atoms with Gasteiger partial charge >= 0.3 is 0 Å². The Labute approximate surface area is 110 Å². The van der Waals surface area contributed by atoms with Crippen LogP contribution in [0.25, 0.3) is 0 Å². The molecule has 20 heavy (non-hydrogen) atoms. The first-order valence-electron chi connectivity index (χ1n) is 5.52. The quantitative estimate of drug-likeness (QED) is 0.867. The molecule has 0 bridgehead atoms. The van der Waals surface area contributed by atoms with Gasteiger partial charge in [-0.1, -0.05) is 0 Å². The van der Waals surface area contributed by atoms with Crippen LogP contribution in [-0.2, 0) is 0 Å². The normalized spacial score (nSPS) is 22.8. The van der Waals surface area contributed by atoms with Crippen molar-refractivity contribution in [1.29, 1.82) is 0 Å². The minimum atomic E-state index is -3.45. The van der Waals surface area contributed by atoms with E-state index in [1.54, 1.807) is 0 Å². The molecular formula is C11H10F4N2O3. The van der Waals surface area contributed by atoms with Crippen LogP contribution in [0, 0.1) is 6.92 Å². The van der Waals surface area contributed by atoms with Crippen molar-refractivity contribution in [3.05, 3.63) is 23.7 Å². The average Bonchev–Trinajstić information content (AvgIpc) is 2.93. The first-order chi connectivity index (χ1) is 9.27. The largest absolute Gasteiger partial charge is 0.469 e. The number of carbonyl (C=O) groups excluding carboxylic acids is 1. The van der Waals surface area contributed by atoms with Gasteiger partial charge in [-0.2, -0.15) is 10.1 Å². The number of alkyl halides is 4. The number of carbonyl (C=O) groups is 1. The maximum absolute atomic E-state index is 12.9. The van der Waals surface area contributed by atoms with Crippen LogP contribution in [0.2, 0.25) is 0 Å². The SMILES string of the molecule is Cc1occc1C(=O)N1N=C(C(F)F)C[C@]1(O)C(F)F. The van der Waals surface area contributed by atoms with Gasteiger partial charge in [0.15, 0.2) is 0 Å². The molecule has 0 radical (unpaired) electrons. The molecule has 0 saturated carbocycles. The first kappa shape index (κ1) is 14.5. The van der Waals surface area contributed by atoms with E-state index in [2.05, 4.69) is 5.10 Å². The lowest BCUT2D eigenvalue weighted by Crippen LogP contribution is -2.51. The molecule has 110 valence electrons. The van der Waals surface area contributed by atoms with E-state index in [1.807, 2.05) is 0 Å².